The summed E-state index contributed by atoms with van der Waals surface area (Å²) < 4.78 is 16.2. The first kappa shape index (κ1) is 23.4. The third-order valence-corrected chi connectivity index (χ3v) is 6.82. The highest BCUT2D eigenvalue weighted by Crippen LogP contribution is 2.45. The Hall–Kier alpha value is -2.78. The van der Waals surface area contributed by atoms with E-state index in [4.69, 9.17) is 19.2 Å². The van der Waals surface area contributed by atoms with E-state index in [9.17, 15) is 9.59 Å². The summed E-state index contributed by atoms with van der Waals surface area (Å²) in [6, 6.07) is 7.13. The van der Waals surface area contributed by atoms with Crippen molar-refractivity contribution < 1.29 is 23.8 Å². The summed E-state index contributed by atoms with van der Waals surface area (Å²) >= 11 is 1.46. The summed E-state index contributed by atoms with van der Waals surface area (Å²) in [5.41, 5.74) is 2.81. The second-order valence-corrected chi connectivity index (χ2v) is 8.83. The Kier molecular flexibility index (Phi) is 7.39. The number of esters is 1. The fourth-order valence-corrected chi connectivity index (χ4v) is 5.24. The number of carbonyl (C=O) groups is 2. The normalized spacial score (nSPS) is 22.0. The van der Waals surface area contributed by atoms with E-state index in [2.05, 4.69) is 5.32 Å². The van der Waals surface area contributed by atoms with Crippen LogP contribution in [0.15, 0.2) is 51.6 Å². The first-order valence-electron chi connectivity index (χ1n) is 11.1. The maximum Gasteiger partial charge on any atom is 0.338 e. The predicted octanol–water partition coefficient (Wildman–Crippen LogP) is 3.52. The lowest BCUT2D eigenvalue weighted by Gasteiger charge is -2.36. The van der Waals surface area contributed by atoms with Crippen molar-refractivity contribution in [1.29, 1.82) is 0 Å². The van der Waals surface area contributed by atoms with E-state index in [1.54, 1.807) is 7.11 Å². The molecule has 0 saturated carbocycles. The van der Waals surface area contributed by atoms with Gasteiger partial charge in [-0.05, 0) is 42.4 Å². The van der Waals surface area contributed by atoms with Crippen LogP contribution in [0.25, 0.3) is 0 Å². The molecule has 9 heteroatoms. The molecule has 2 atom stereocenters. The van der Waals surface area contributed by atoms with Crippen LogP contribution in [0, 0.1) is 0 Å². The molecule has 1 aromatic carbocycles. The number of amides is 1. The van der Waals surface area contributed by atoms with Crippen molar-refractivity contribution in [1.82, 2.24) is 10.2 Å². The lowest BCUT2D eigenvalue weighted by atomic mass is 9.92. The quantitative estimate of drug-likeness (QED) is 0.580. The number of thioether (sulfide) groups is 1. The second kappa shape index (κ2) is 10.4. The Bertz CT molecular complexity index is 1010. The lowest BCUT2D eigenvalue weighted by Crippen LogP contribution is -2.39. The van der Waals surface area contributed by atoms with Crippen LogP contribution in [0.1, 0.15) is 44.2 Å². The summed E-state index contributed by atoms with van der Waals surface area (Å²) in [6.45, 7) is 3.22. The van der Waals surface area contributed by atoms with Gasteiger partial charge in [0, 0.05) is 18.8 Å². The molecule has 8 nitrogen and oxygen atoms in total. The molecule has 1 N–H and O–H groups in total. The zero-order chi connectivity index (χ0) is 23.4. The molecule has 0 aliphatic carbocycles. The number of aliphatic imine (C=N–C) groups is 1. The van der Waals surface area contributed by atoms with Gasteiger partial charge in [0.15, 0.2) is 5.17 Å². The van der Waals surface area contributed by atoms with Gasteiger partial charge in [0.05, 0.1) is 44.1 Å². The molecule has 33 heavy (non-hydrogen) atoms. The molecule has 0 aromatic heterocycles. The van der Waals surface area contributed by atoms with E-state index in [-0.39, 0.29) is 18.4 Å². The van der Waals surface area contributed by atoms with Crippen molar-refractivity contribution in [2.24, 2.45) is 4.99 Å². The van der Waals surface area contributed by atoms with Gasteiger partial charge in [-0.15, -0.1) is 0 Å². The summed E-state index contributed by atoms with van der Waals surface area (Å²) in [5, 5.41) is 5.66. The minimum absolute atomic E-state index is 0.0819. The minimum Gasteiger partial charge on any atom is -0.497 e. The van der Waals surface area contributed by atoms with Crippen molar-refractivity contribution in [2.45, 2.75) is 44.8 Å². The zero-order valence-electron chi connectivity index (χ0n) is 19.1. The first-order valence-corrected chi connectivity index (χ1v) is 12.0. The van der Waals surface area contributed by atoms with Crippen LogP contribution in [-0.4, -0.2) is 55.4 Å². The largest absolute Gasteiger partial charge is 0.497 e. The van der Waals surface area contributed by atoms with Crippen LogP contribution in [0.2, 0.25) is 0 Å². The Morgan fingerprint density at radius 2 is 2.18 bits per heavy atom. The van der Waals surface area contributed by atoms with Gasteiger partial charge in [0.25, 0.3) is 0 Å². The number of rotatable bonds is 8. The predicted molar refractivity (Wildman–Crippen MR) is 127 cm³/mol. The molecule has 0 radical (unpaired) electrons. The molecule has 3 heterocycles. The molecule has 2 unspecified atom stereocenters. The standard InChI is InChI=1S/C24H29N3O5S/c1-4-19-21(23(29)31-3)22(15-7-5-8-17(11-15)30-2)27-16(14-33-24(27)26-19)12-20(28)25-13-18-9-6-10-32-18/h5,7-8,11,14,18,22H,4,6,9-10,12-13H2,1-3H3,(H,25,28). The number of amidine groups is 1. The fourth-order valence-electron chi connectivity index (χ4n) is 4.30. The number of carbonyl (C=O) groups excluding carboxylic acids is 2. The second-order valence-electron chi connectivity index (χ2n) is 7.99. The number of hydrogen-bond donors (Lipinski definition) is 1. The zero-order valence-corrected chi connectivity index (χ0v) is 19.9. The van der Waals surface area contributed by atoms with Crippen molar-refractivity contribution in [3.8, 4) is 5.75 Å². The highest BCUT2D eigenvalue weighted by Gasteiger charge is 2.41. The molecule has 3 aliphatic rings. The van der Waals surface area contributed by atoms with Crippen molar-refractivity contribution in [3.63, 3.8) is 0 Å². The van der Waals surface area contributed by atoms with E-state index in [0.717, 1.165) is 35.9 Å². The van der Waals surface area contributed by atoms with Crippen LogP contribution in [0.4, 0.5) is 0 Å². The average Bonchev–Trinajstić information content (AvgIpc) is 3.51. The maximum absolute atomic E-state index is 12.9. The fraction of sp³-hybridized carbons (Fsp3) is 0.458. The summed E-state index contributed by atoms with van der Waals surface area (Å²) in [4.78, 5) is 32.4. The molecule has 1 aromatic rings. The Labute approximate surface area is 198 Å². The van der Waals surface area contributed by atoms with Crippen LogP contribution in [0.3, 0.4) is 0 Å². The number of ether oxygens (including phenoxy) is 3. The molecule has 1 fully saturated rings. The molecular weight excluding hydrogens is 442 g/mol. The number of methoxy groups -OCH3 is 2. The molecule has 3 aliphatic heterocycles. The van der Waals surface area contributed by atoms with Gasteiger partial charge in [-0.3, -0.25) is 4.79 Å². The number of fused-ring (bicyclic) bond motifs is 1. The number of nitrogens with zero attached hydrogens (tertiary/aromatic N) is 2. The third kappa shape index (κ3) is 4.94. The third-order valence-electron chi connectivity index (χ3n) is 5.93. The maximum atomic E-state index is 12.9. The van der Waals surface area contributed by atoms with Crippen LogP contribution >= 0.6 is 11.8 Å². The molecule has 1 amide bonds. The SMILES string of the molecule is CCC1=C(C(=O)OC)C(c2cccc(OC)c2)N2C(CC(=O)NCC3CCCO3)=CSC2=N1. The molecular formula is C24H29N3O5S. The molecule has 1 saturated heterocycles. The first-order chi connectivity index (χ1) is 16.0. The van der Waals surface area contributed by atoms with Crippen molar-refractivity contribution in [2.75, 3.05) is 27.4 Å². The number of hydrogen-bond acceptors (Lipinski definition) is 8. The Morgan fingerprint density at radius 3 is 2.88 bits per heavy atom. The summed E-state index contributed by atoms with van der Waals surface area (Å²) in [7, 11) is 2.98. The van der Waals surface area contributed by atoms with Gasteiger partial charge in [-0.25, -0.2) is 9.79 Å². The molecule has 176 valence electrons. The topological polar surface area (TPSA) is 89.5 Å². The average molecular weight is 472 g/mol. The summed E-state index contributed by atoms with van der Waals surface area (Å²) in [6.07, 6.45) is 2.83. The van der Waals surface area contributed by atoms with E-state index >= 15 is 0 Å². The molecule has 0 bridgehead atoms. The van der Waals surface area contributed by atoms with E-state index in [1.807, 2.05) is 41.5 Å². The van der Waals surface area contributed by atoms with Gasteiger partial charge in [-0.1, -0.05) is 30.8 Å². The van der Waals surface area contributed by atoms with E-state index in [0.29, 0.717) is 30.0 Å². The lowest BCUT2D eigenvalue weighted by molar-refractivity contribution is -0.136. The van der Waals surface area contributed by atoms with E-state index in [1.165, 1.54) is 18.9 Å². The Balaban J connectivity index is 1.64. The minimum atomic E-state index is -0.470. The summed E-state index contributed by atoms with van der Waals surface area (Å²) in [5.74, 6) is 0.167. The van der Waals surface area contributed by atoms with Gasteiger partial charge < -0.3 is 24.4 Å². The van der Waals surface area contributed by atoms with Gasteiger partial charge in [0.2, 0.25) is 5.91 Å². The van der Waals surface area contributed by atoms with E-state index < -0.39 is 12.0 Å². The number of allylic oxidation sites excluding steroid dienone is 1. The van der Waals surface area contributed by atoms with Gasteiger partial charge in [-0.2, -0.15) is 0 Å². The monoisotopic (exact) mass is 471 g/mol. The van der Waals surface area contributed by atoms with Crippen LogP contribution in [-0.2, 0) is 19.1 Å². The van der Waals surface area contributed by atoms with Gasteiger partial charge >= 0.3 is 5.97 Å². The highest BCUT2D eigenvalue weighted by molar-refractivity contribution is 8.16. The van der Waals surface area contributed by atoms with Crippen LogP contribution < -0.4 is 10.1 Å². The van der Waals surface area contributed by atoms with Gasteiger partial charge in [0.1, 0.15) is 5.75 Å². The number of benzene rings is 1. The molecule has 4 rings (SSSR count). The highest BCUT2D eigenvalue weighted by atomic mass is 32.2. The number of nitrogens with one attached hydrogen (secondary N) is 1. The molecule has 0 spiro atoms. The van der Waals surface area contributed by atoms with Crippen LogP contribution in [0.5, 0.6) is 5.75 Å². The smallest absolute Gasteiger partial charge is 0.338 e. The van der Waals surface area contributed by atoms with Crippen molar-refractivity contribution in [3.05, 3.63) is 52.2 Å². The Morgan fingerprint density at radius 1 is 1.33 bits per heavy atom. The van der Waals surface area contributed by atoms with Crippen molar-refractivity contribution >= 4 is 28.8 Å².